The van der Waals surface area contributed by atoms with Gasteiger partial charge < -0.3 is 14.1 Å². The summed E-state index contributed by atoms with van der Waals surface area (Å²) in [5.74, 6) is 0.582. The molecule has 0 amide bonds. The molecule has 0 radical (unpaired) electrons. The molecule has 2 aromatic heterocycles. The van der Waals surface area contributed by atoms with Crippen LogP contribution in [-0.4, -0.2) is 15.6 Å². The number of aromatic nitrogens is 1. The lowest BCUT2D eigenvalue weighted by Crippen LogP contribution is -1.98. The summed E-state index contributed by atoms with van der Waals surface area (Å²) in [6.07, 6.45) is 1.50. The van der Waals surface area contributed by atoms with E-state index < -0.39 is 5.97 Å². The van der Waals surface area contributed by atoms with E-state index in [2.05, 4.69) is 65.2 Å². The molecule has 0 spiro atoms. The first-order valence-corrected chi connectivity index (χ1v) is 13.1. The lowest BCUT2D eigenvalue weighted by atomic mass is 10.1. The molecule has 6 aromatic rings. The van der Waals surface area contributed by atoms with Gasteiger partial charge in [0.25, 0.3) is 0 Å². The van der Waals surface area contributed by atoms with Gasteiger partial charge in [-0.05, 0) is 77.7 Å². The van der Waals surface area contributed by atoms with Crippen molar-refractivity contribution in [1.29, 1.82) is 0 Å². The molecule has 6 rings (SSSR count). The third-order valence-corrected chi connectivity index (χ3v) is 7.66. The molecule has 0 bridgehead atoms. The number of carboxylic acid groups (broad SMARTS) is 1. The van der Waals surface area contributed by atoms with Crippen LogP contribution in [0.25, 0.3) is 50.1 Å². The Kier molecular flexibility index (Phi) is 6.44. The topological polar surface area (TPSA) is 55.4 Å². The van der Waals surface area contributed by atoms with Crippen molar-refractivity contribution in [3.8, 4) is 28.5 Å². The van der Waals surface area contributed by atoms with Gasteiger partial charge in [-0.2, -0.15) is 0 Å². The molecule has 0 aliphatic rings. The number of aliphatic carboxylic acids is 1. The average molecular weight is 540 g/mol. The summed E-state index contributed by atoms with van der Waals surface area (Å²) in [6.45, 7) is 0. The number of hydrogen-bond donors (Lipinski definition) is 1. The van der Waals surface area contributed by atoms with Gasteiger partial charge in [-0.15, -0.1) is 0 Å². The maximum atomic E-state index is 10.9. The second-order valence-corrected chi connectivity index (χ2v) is 10.0. The van der Waals surface area contributed by atoms with E-state index >= 15 is 0 Å². The smallest absolute Gasteiger partial charge is 0.303 e. The standard InChI is InChI=1S/C32H23Cl2NO3/c33-26-9-4-8-24(32(26)34)29-17-18-30(38-29)28-19-25-23-7-2-1-6-21(23)13-16-27(25)35(28)22-14-11-20(12-15-22)5-3-10-31(36)37/h1-2,4,6-9,11-19H,3,5,10H2,(H,36,37). The quantitative estimate of drug-likeness (QED) is 0.219. The van der Waals surface area contributed by atoms with E-state index in [1.54, 1.807) is 6.07 Å². The van der Waals surface area contributed by atoms with Crippen LogP contribution in [0.15, 0.2) is 101 Å². The van der Waals surface area contributed by atoms with Gasteiger partial charge in [0.15, 0.2) is 5.76 Å². The summed E-state index contributed by atoms with van der Waals surface area (Å²) < 4.78 is 8.57. The molecule has 0 aliphatic carbocycles. The van der Waals surface area contributed by atoms with Crippen molar-refractivity contribution in [3.63, 3.8) is 0 Å². The minimum atomic E-state index is -0.769. The van der Waals surface area contributed by atoms with Crippen molar-refractivity contribution < 1.29 is 14.3 Å². The minimum absolute atomic E-state index is 0.165. The van der Waals surface area contributed by atoms with Crippen LogP contribution in [-0.2, 0) is 11.2 Å². The second kappa shape index (κ2) is 10.1. The van der Waals surface area contributed by atoms with Crippen LogP contribution < -0.4 is 0 Å². The molecular formula is C32H23Cl2NO3. The molecular weight excluding hydrogens is 517 g/mol. The molecule has 188 valence electrons. The normalized spacial score (nSPS) is 11.4. The second-order valence-electron chi connectivity index (χ2n) is 9.26. The van der Waals surface area contributed by atoms with E-state index in [0.29, 0.717) is 28.0 Å². The number of carbonyl (C=O) groups is 1. The van der Waals surface area contributed by atoms with E-state index in [4.69, 9.17) is 32.7 Å². The first kappa shape index (κ1) is 24.4. The molecule has 38 heavy (non-hydrogen) atoms. The number of nitrogens with zero attached hydrogens (tertiary/aromatic N) is 1. The number of carboxylic acids is 1. The van der Waals surface area contributed by atoms with Gasteiger partial charge in [-0.25, -0.2) is 0 Å². The van der Waals surface area contributed by atoms with E-state index in [1.807, 2.05) is 30.3 Å². The van der Waals surface area contributed by atoms with E-state index in [1.165, 1.54) is 10.8 Å². The van der Waals surface area contributed by atoms with E-state index in [9.17, 15) is 4.79 Å². The summed E-state index contributed by atoms with van der Waals surface area (Å²) in [7, 11) is 0. The third-order valence-electron chi connectivity index (χ3n) is 6.84. The van der Waals surface area contributed by atoms with Crippen molar-refractivity contribution in [2.24, 2.45) is 0 Å². The molecule has 0 fully saturated rings. The molecule has 4 nitrogen and oxygen atoms in total. The Morgan fingerprint density at radius 2 is 1.61 bits per heavy atom. The highest BCUT2D eigenvalue weighted by molar-refractivity contribution is 6.43. The number of aryl methyl sites for hydroxylation is 1. The Morgan fingerprint density at radius 3 is 2.42 bits per heavy atom. The van der Waals surface area contributed by atoms with Crippen LogP contribution in [0.1, 0.15) is 18.4 Å². The van der Waals surface area contributed by atoms with Crippen LogP contribution in [0.5, 0.6) is 0 Å². The lowest BCUT2D eigenvalue weighted by Gasteiger charge is -2.11. The third kappa shape index (κ3) is 4.47. The van der Waals surface area contributed by atoms with E-state index in [0.717, 1.165) is 39.8 Å². The molecule has 4 aromatic carbocycles. The number of halogens is 2. The Hall–Kier alpha value is -3.99. The fourth-order valence-corrected chi connectivity index (χ4v) is 5.38. The summed E-state index contributed by atoms with van der Waals surface area (Å²) in [5, 5.41) is 13.4. The summed E-state index contributed by atoms with van der Waals surface area (Å²) >= 11 is 12.7. The van der Waals surface area contributed by atoms with Gasteiger partial charge in [-0.1, -0.05) is 71.7 Å². The highest BCUT2D eigenvalue weighted by Crippen LogP contribution is 2.40. The van der Waals surface area contributed by atoms with Crippen molar-refractivity contribution in [3.05, 3.63) is 113 Å². The molecule has 2 heterocycles. The number of benzene rings is 4. The Balaban J connectivity index is 1.49. The zero-order valence-electron chi connectivity index (χ0n) is 20.3. The van der Waals surface area contributed by atoms with Crippen LogP contribution in [0.4, 0.5) is 0 Å². The maximum Gasteiger partial charge on any atom is 0.303 e. The first-order valence-electron chi connectivity index (χ1n) is 12.4. The average Bonchev–Trinajstić information content (AvgIpc) is 3.56. The Bertz CT molecular complexity index is 1800. The minimum Gasteiger partial charge on any atom is -0.481 e. The summed E-state index contributed by atoms with van der Waals surface area (Å²) in [4.78, 5) is 10.9. The van der Waals surface area contributed by atoms with Crippen LogP contribution in [0.3, 0.4) is 0 Å². The highest BCUT2D eigenvalue weighted by Gasteiger charge is 2.19. The van der Waals surface area contributed by atoms with Crippen LogP contribution >= 0.6 is 23.2 Å². The van der Waals surface area contributed by atoms with Gasteiger partial charge >= 0.3 is 5.97 Å². The number of hydrogen-bond acceptors (Lipinski definition) is 2. The highest BCUT2D eigenvalue weighted by atomic mass is 35.5. The number of fused-ring (bicyclic) bond motifs is 3. The zero-order chi connectivity index (χ0) is 26.2. The monoisotopic (exact) mass is 539 g/mol. The number of rotatable bonds is 7. The van der Waals surface area contributed by atoms with Crippen molar-refractivity contribution >= 4 is 50.8 Å². The Labute approximate surface area is 229 Å². The number of furan rings is 1. The van der Waals surface area contributed by atoms with Gasteiger partial charge in [0.2, 0.25) is 0 Å². The largest absolute Gasteiger partial charge is 0.481 e. The lowest BCUT2D eigenvalue weighted by molar-refractivity contribution is -0.137. The predicted molar refractivity (Wildman–Crippen MR) is 155 cm³/mol. The molecule has 0 atom stereocenters. The van der Waals surface area contributed by atoms with Crippen molar-refractivity contribution in [2.45, 2.75) is 19.3 Å². The molecule has 1 N–H and O–H groups in total. The molecule has 6 heteroatoms. The SMILES string of the molecule is O=C(O)CCCc1ccc(-n2c(-c3ccc(-c4cccc(Cl)c4Cl)o3)cc3c4ccccc4ccc32)cc1. The van der Waals surface area contributed by atoms with Crippen LogP contribution in [0.2, 0.25) is 10.0 Å². The van der Waals surface area contributed by atoms with Crippen molar-refractivity contribution in [1.82, 2.24) is 4.57 Å². The van der Waals surface area contributed by atoms with Gasteiger partial charge in [0.1, 0.15) is 5.76 Å². The maximum absolute atomic E-state index is 10.9. The van der Waals surface area contributed by atoms with Crippen LogP contribution in [0, 0.1) is 0 Å². The van der Waals surface area contributed by atoms with Gasteiger partial charge in [-0.3, -0.25) is 4.79 Å². The Morgan fingerprint density at radius 1 is 0.816 bits per heavy atom. The molecule has 0 saturated carbocycles. The summed E-state index contributed by atoms with van der Waals surface area (Å²) in [6, 6.07) is 32.4. The predicted octanol–water partition coefficient (Wildman–Crippen LogP) is 9.42. The van der Waals surface area contributed by atoms with E-state index in [-0.39, 0.29) is 6.42 Å². The van der Waals surface area contributed by atoms with Crippen molar-refractivity contribution in [2.75, 3.05) is 0 Å². The fraction of sp³-hybridized carbons (Fsp3) is 0.0938. The molecule has 0 aliphatic heterocycles. The first-order chi connectivity index (χ1) is 18.5. The molecule has 0 saturated heterocycles. The van der Waals surface area contributed by atoms with Gasteiger partial charge in [0.05, 0.1) is 21.3 Å². The fourth-order valence-electron chi connectivity index (χ4n) is 4.99. The molecule has 0 unspecified atom stereocenters. The van der Waals surface area contributed by atoms with Gasteiger partial charge in [0, 0.05) is 23.1 Å². The zero-order valence-corrected chi connectivity index (χ0v) is 21.8. The summed E-state index contributed by atoms with van der Waals surface area (Å²) in [5.41, 5.74) is 4.82.